The summed E-state index contributed by atoms with van der Waals surface area (Å²) in [6, 6.07) is 0. The fraction of sp³-hybridized carbons (Fsp3) is 1.00. The molecule has 2 fully saturated rings. The maximum Gasteiger partial charge on any atom is 0.0934 e. The minimum Gasteiger partial charge on any atom is -0.390 e. The lowest BCUT2D eigenvalue weighted by Crippen LogP contribution is -2.59. The molecule has 0 heterocycles. The first-order valence-electron chi connectivity index (χ1n) is 5.14. The van der Waals surface area contributed by atoms with Crippen molar-refractivity contribution in [1.29, 1.82) is 0 Å². The van der Waals surface area contributed by atoms with Crippen LogP contribution in [0.4, 0.5) is 0 Å². The molecule has 2 heteroatoms. The highest BCUT2D eigenvalue weighted by Gasteiger charge is 2.52. The molecule has 0 bridgehead atoms. The van der Waals surface area contributed by atoms with Crippen LogP contribution in [-0.2, 0) is 0 Å². The zero-order valence-electron chi connectivity index (χ0n) is 7.50. The molecule has 2 aliphatic rings. The Morgan fingerprint density at radius 3 is 2.58 bits per heavy atom. The van der Waals surface area contributed by atoms with Gasteiger partial charge in [0, 0.05) is 0 Å². The molecule has 0 aliphatic heterocycles. The maximum absolute atomic E-state index is 10.1. The fourth-order valence-electron chi connectivity index (χ4n) is 2.68. The second kappa shape index (κ2) is 3.00. The summed E-state index contributed by atoms with van der Waals surface area (Å²) in [6.45, 7) is 0. The van der Waals surface area contributed by atoms with Crippen LogP contribution >= 0.6 is 0 Å². The Morgan fingerprint density at radius 2 is 1.83 bits per heavy atom. The van der Waals surface area contributed by atoms with E-state index in [9.17, 15) is 10.2 Å². The van der Waals surface area contributed by atoms with Crippen LogP contribution in [0, 0.1) is 5.92 Å². The quantitative estimate of drug-likeness (QED) is 0.577. The molecule has 0 saturated heterocycles. The van der Waals surface area contributed by atoms with E-state index in [0.29, 0.717) is 5.92 Å². The smallest absolute Gasteiger partial charge is 0.0934 e. The Bertz CT molecular complexity index is 169. The molecule has 0 aromatic rings. The SMILES string of the molecule is O[C@@H]1C[C@@H]2CCCCCC[C@@]21O. The lowest BCUT2D eigenvalue weighted by Gasteiger charge is -2.51. The van der Waals surface area contributed by atoms with Crippen molar-refractivity contribution in [1.82, 2.24) is 0 Å². The van der Waals surface area contributed by atoms with Crippen LogP contribution in [0.3, 0.4) is 0 Å². The van der Waals surface area contributed by atoms with Crippen LogP contribution in [0.25, 0.3) is 0 Å². The third-order valence-corrected chi connectivity index (χ3v) is 3.67. The highest BCUT2D eigenvalue weighted by Crippen LogP contribution is 2.46. The van der Waals surface area contributed by atoms with Gasteiger partial charge in [-0.1, -0.05) is 25.7 Å². The van der Waals surface area contributed by atoms with Crippen molar-refractivity contribution in [3.63, 3.8) is 0 Å². The van der Waals surface area contributed by atoms with Gasteiger partial charge in [-0.3, -0.25) is 0 Å². The first-order valence-corrected chi connectivity index (χ1v) is 5.14. The molecule has 0 aromatic carbocycles. The van der Waals surface area contributed by atoms with Crippen LogP contribution in [0.2, 0.25) is 0 Å². The Kier molecular flexibility index (Phi) is 2.13. The van der Waals surface area contributed by atoms with E-state index in [1.165, 1.54) is 19.3 Å². The molecule has 0 amide bonds. The van der Waals surface area contributed by atoms with Crippen molar-refractivity contribution in [2.45, 2.75) is 56.7 Å². The van der Waals surface area contributed by atoms with Crippen molar-refractivity contribution in [2.75, 3.05) is 0 Å². The number of hydrogen-bond acceptors (Lipinski definition) is 2. The highest BCUT2D eigenvalue weighted by atomic mass is 16.3. The molecule has 2 aliphatic carbocycles. The molecule has 2 saturated carbocycles. The van der Waals surface area contributed by atoms with Crippen molar-refractivity contribution in [3.05, 3.63) is 0 Å². The van der Waals surface area contributed by atoms with E-state index in [1.807, 2.05) is 0 Å². The van der Waals surface area contributed by atoms with Gasteiger partial charge in [-0.25, -0.2) is 0 Å². The van der Waals surface area contributed by atoms with Crippen LogP contribution in [0.5, 0.6) is 0 Å². The van der Waals surface area contributed by atoms with Gasteiger partial charge in [0.1, 0.15) is 0 Å². The topological polar surface area (TPSA) is 40.5 Å². The molecule has 2 rings (SSSR count). The third-order valence-electron chi connectivity index (χ3n) is 3.67. The summed E-state index contributed by atoms with van der Waals surface area (Å²) >= 11 is 0. The molecule has 2 N–H and O–H groups in total. The van der Waals surface area contributed by atoms with E-state index >= 15 is 0 Å². The molecule has 12 heavy (non-hydrogen) atoms. The number of fused-ring (bicyclic) bond motifs is 1. The Hall–Kier alpha value is -0.0800. The van der Waals surface area contributed by atoms with Crippen LogP contribution < -0.4 is 0 Å². The highest BCUT2D eigenvalue weighted by molar-refractivity contribution is 5.03. The zero-order chi connectivity index (χ0) is 8.60. The van der Waals surface area contributed by atoms with Gasteiger partial charge in [0.25, 0.3) is 0 Å². The molecule has 70 valence electrons. The van der Waals surface area contributed by atoms with Crippen LogP contribution in [0.15, 0.2) is 0 Å². The molecule has 2 nitrogen and oxygen atoms in total. The van der Waals surface area contributed by atoms with Gasteiger partial charge in [-0.05, 0) is 25.2 Å². The molecule has 3 atom stereocenters. The van der Waals surface area contributed by atoms with Crippen molar-refractivity contribution in [2.24, 2.45) is 5.92 Å². The zero-order valence-corrected chi connectivity index (χ0v) is 7.50. The lowest BCUT2D eigenvalue weighted by molar-refractivity contribution is -0.200. The van der Waals surface area contributed by atoms with E-state index in [4.69, 9.17) is 0 Å². The van der Waals surface area contributed by atoms with Gasteiger partial charge in [0.15, 0.2) is 0 Å². The molecular weight excluding hydrogens is 152 g/mol. The largest absolute Gasteiger partial charge is 0.390 e. The number of aliphatic hydroxyl groups is 2. The Labute approximate surface area is 73.6 Å². The van der Waals surface area contributed by atoms with E-state index in [-0.39, 0.29) is 0 Å². The Balaban J connectivity index is 2.01. The summed E-state index contributed by atoms with van der Waals surface area (Å²) in [7, 11) is 0. The summed E-state index contributed by atoms with van der Waals surface area (Å²) in [5.74, 6) is 0.396. The number of aliphatic hydroxyl groups excluding tert-OH is 1. The van der Waals surface area contributed by atoms with Gasteiger partial charge < -0.3 is 10.2 Å². The lowest BCUT2D eigenvalue weighted by atomic mass is 9.62. The van der Waals surface area contributed by atoms with Gasteiger partial charge in [0.05, 0.1) is 11.7 Å². The van der Waals surface area contributed by atoms with Crippen molar-refractivity contribution in [3.8, 4) is 0 Å². The normalized spacial score (nSPS) is 48.5. The maximum atomic E-state index is 10.1. The predicted octanol–water partition coefficient (Wildman–Crippen LogP) is 1.45. The minimum atomic E-state index is -0.694. The Morgan fingerprint density at radius 1 is 1.08 bits per heavy atom. The predicted molar refractivity (Wildman–Crippen MR) is 46.8 cm³/mol. The second-order valence-electron chi connectivity index (χ2n) is 4.39. The first kappa shape index (κ1) is 8.52. The van der Waals surface area contributed by atoms with E-state index in [2.05, 4.69) is 0 Å². The molecule has 0 spiro atoms. The second-order valence-corrected chi connectivity index (χ2v) is 4.39. The average Bonchev–Trinajstić information content (AvgIpc) is 2.06. The first-order chi connectivity index (χ1) is 5.73. The summed E-state index contributed by atoms with van der Waals surface area (Å²) in [5.41, 5.74) is -0.694. The van der Waals surface area contributed by atoms with Crippen molar-refractivity contribution < 1.29 is 10.2 Å². The molecular formula is C10H18O2. The molecule has 0 aromatic heterocycles. The van der Waals surface area contributed by atoms with E-state index in [0.717, 1.165) is 25.7 Å². The summed E-state index contributed by atoms with van der Waals surface area (Å²) < 4.78 is 0. The van der Waals surface area contributed by atoms with E-state index < -0.39 is 11.7 Å². The monoisotopic (exact) mass is 170 g/mol. The summed E-state index contributed by atoms with van der Waals surface area (Å²) in [4.78, 5) is 0. The standard InChI is InChI=1S/C10H18O2/c11-9-7-8-5-3-1-2-4-6-10(8,9)12/h8-9,11-12H,1-7H2/t8-,9+,10+/m0/s1. The average molecular weight is 170 g/mol. The summed E-state index contributed by atoms with van der Waals surface area (Å²) in [6.07, 6.45) is 7.19. The van der Waals surface area contributed by atoms with Crippen LogP contribution in [0.1, 0.15) is 44.9 Å². The summed E-state index contributed by atoms with van der Waals surface area (Å²) in [5, 5.41) is 19.5. The van der Waals surface area contributed by atoms with Gasteiger partial charge in [-0.2, -0.15) is 0 Å². The van der Waals surface area contributed by atoms with Gasteiger partial charge in [0.2, 0.25) is 0 Å². The molecule has 0 unspecified atom stereocenters. The number of rotatable bonds is 0. The van der Waals surface area contributed by atoms with Gasteiger partial charge in [-0.15, -0.1) is 0 Å². The molecule has 0 radical (unpaired) electrons. The third kappa shape index (κ3) is 1.17. The van der Waals surface area contributed by atoms with Gasteiger partial charge >= 0.3 is 0 Å². The fourth-order valence-corrected chi connectivity index (χ4v) is 2.68. The van der Waals surface area contributed by atoms with Crippen molar-refractivity contribution >= 4 is 0 Å². The number of hydrogen-bond donors (Lipinski definition) is 2. The van der Waals surface area contributed by atoms with E-state index in [1.54, 1.807) is 0 Å². The minimum absolute atomic E-state index is 0.396. The van der Waals surface area contributed by atoms with Crippen LogP contribution in [-0.4, -0.2) is 21.9 Å².